The number of nitrogens with zero attached hydrogens (tertiary/aromatic N) is 2. The molecule has 5 heteroatoms. The van der Waals surface area contributed by atoms with Crippen LogP contribution >= 0.6 is 0 Å². The van der Waals surface area contributed by atoms with Crippen molar-refractivity contribution in [2.24, 2.45) is 5.92 Å². The zero-order valence-electron chi connectivity index (χ0n) is 11.4. The predicted molar refractivity (Wildman–Crippen MR) is 74.5 cm³/mol. The van der Waals surface area contributed by atoms with E-state index in [1.54, 1.807) is 12.5 Å². The van der Waals surface area contributed by atoms with Gasteiger partial charge in [-0.2, -0.15) is 0 Å². The Morgan fingerprint density at radius 2 is 2.40 bits per heavy atom. The Morgan fingerprint density at radius 1 is 1.50 bits per heavy atom. The first kappa shape index (κ1) is 11.9. The van der Waals surface area contributed by atoms with Gasteiger partial charge in [0.1, 0.15) is 5.69 Å². The number of amides is 1. The molecule has 0 radical (unpaired) electrons. The fourth-order valence-electron chi connectivity index (χ4n) is 3.37. The maximum absolute atomic E-state index is 12.3. The van der Waals surface area contributed by atoms with Crippen LogP contribution < -0.4 is 5.32 Å². The SMILES string of the molecule is Cc1coc2cnc(C(=O)N[C@H]3CN4CC[C@H]3C4)cc12. The number of hydrogen-bond acceptors (Lipinski definition) is 4. The Hall–Kier alpha value is -1.88. The third-order valence-electron chi connectivity index (χ3n) is 4.54. The summed E-state index contributed by atoms with van der Waals surface area (Å²) < 4.78 is 5.36. The van der Waals surface area contributed by atoms with Crippen LogP contribution in [-0.2, 0) is 0 Å². The molecule has 2 aliphatic rings. The van der Waals surface area contributed by atoms with E-state index in [1.165, 1.54) is 13.0 Å². The van der Waals surface area contributed by atoms with E-state index in [0.29, 0.717) is 11.6 Å². The molecule has 2 aliphatic heterocycles. The van der Waals surface area contributed by atoms with Crippen molar-refractivity contribution in [1.29, 1.82) is 0 Å². The van der Waals surface area contributed by atoms with Crippen LogP contribution in [0.1, 0.15) is 22.5 Å². The molecule has 3 atom stereocenters. The van der Waals surface area contributed by atoms with Crippen LogP contribution in [0.4, 0.5) is 0 Å². The zero-order chi connectivity index (χ0) is 13.7. The number of aromatic nitrogens is 1. The molecule has 2 fully saturated rings. The van der Waals surface area contributed by atoms with E-state index < -0.39 is 0 Å². The summed E-state index contributed by atoms with van der Waals surface area (Å²) in [6.07, 6.45) is 4.51. The molecule has 20 heavy (non-hydrogen) atoms. The molecule has 1 N–H and O–H groups in total. The lowest BCUT2D eigenvalue weighted by Crippen LogP contribution is -2.43. The molecule has 5 nitrogen and oxygen atoms in total. The summed E-state index contributed by atoms with van der Waals surface area (Å²) in [5.74, 6) is 0.532. The van der Waals surface area contributed by atoms with E-state index >= 15 is 0 Å². The lowest BCUT2D eigenvalue weighted by molar-refractivity contribution is 0.0919. The van der Waals surface area contributed by atoms with Gasteiger partial charge in [-0.25, -0.2) is 4.98 Å². The van der Waals surface area contributed by atoms with Crippen molar-refractivity contribution >= 4 is 16.9 Å². The molecule has 0 spiro atoms. The Morgan fingerprint density at radius 3 is 3.15 bits per heavy atom. The number of carbonyl (C=O) groups excluding carboxylic acids is 1. The van der Waals surface area contributed by atoms with Crippen molar-refractivity contribution in [3.8, 4) is 0 Å². The number of pyridine rings is 1. The monoisotopic (exact) mass is 271 g/mol. The minimum atomic E-state index is -0.0775. The van der Waals surface area contributed by atoms with Crippen LogP contribution in [0.5, 0.6) is 0 Å². The molecule has 0 aliphatic carbocycles. The normalized spacial score (nSPS) is 28.1. The highest BCUT2D eigenvalue weighted by atomic mass is 16.3. The van der Waals surface area contributed by atoms with Gasteiger partial charge in [-0.05, 0) is 37.4 Å². The van der Waals surface area contributed by atoms with Crippen molar-refractivity contribution < 1.29 is 9.21 Å². The van der Waals surface area contributed by atoms with Gasteiger partial charge in [-0.15, -0.1) is 0 Å². The number of fused-ring (bicyclic) bond motifs is 3. The van der Waals surface area contributed by atoms with Gasteiger partial charge in [-0.3, -0.25) is 4.79 Å². The number of rotatable bonds is 2. The maximum Gasteiger partial charge on any atom is 0.270 e. The Bertz CT molecular complexity index is 679. The van der Waals surface area contributed by atoms with Crippen LogP contribution in [0.15, 0.2) is 22.9 Å². The lowest BCUT2D eigenvalue weighted by atomic mass is 10.00. The van der Waals surface area contributed by atoms with Gasteiger partial charge in [0.2, 0.25) is 0 Å². The highest BCUT2D eigenvalue weighted by molar-refractivity contribution is 5.96. The van der Waals surface area contributed by atoms with Gasteiger partial charge in [0.05, 0.1) is 12.5 Å². The predicted octanol–water partition coefficient (Wildman–Crippen LogP) is 1.57. The summed E-state index contributed by atoms with van der Waals surface area (Å²) in [7, 11) is 0. The molecular weight excluding hydrogens is 254 g/mol. The average Bonchev–Trinajstić information content (AvgIpc) is 3.15. The minimum absolute atomic E-state index is 0.0775. The molecule has 0 aromatic carbocycles. The summed E-state index contributed by atoms with van der Waals surface area (Å²) in [6, 6.07) is 2.09. The number of nitrogens with one attached hydrogen (secondary N) is 1. The van der Waals surface area contributed by atoms with Crippen LogP contribution in [0, 0.1) is 12.8 Å². The van der Waals surface area contributed by atoms with Crippen LogP contribution in [0.3, 0.4) is 0 Å². The lowest BCUT2D eigenvalue weighted by Gasteiger charge is -2.22. The van der Waals surface area contributed by atoms with Crippen molar-refractivity contribution in [3.05, 3.63) is 29.8 Å². The molecule has 2 bridgehead atoms. The molecule has 4 rings (SSSR count). The fraction of sp³-hybridized carbons (Fsp3) is 0.467. The Kier molecular flexibility index (Phi) is 2.57. The highest BCUT2D eigenvalue weighted by Gasteiger charge is 2.38. The van der Waals surface area contributed by atoms with Crippen molar-refractivity contribution in [2.75, 3.05) is 19.6 Å². The van der Waals surface area contributed by atoms with Crippen molar-refractivity contribution in [2.45, 2.75) is 19.4 Å². The van der Waals surface area contributed by atoms with Gasteiger partial charge >= 0.3 is 0 Å². The number of hydrogen-bond donors (Lipinski definition) is 1. The second-order valence-electron chi connectivity index (χ2n) is 5.87. The smallest absolute Gasteiger partial charge is 0.270 e. The molecule has 2 aromatic heterocycles. The highest BCUT2D eigenvalue weighted by Crippen LogP contribution is 2.28. The van der Waals surface area contributed by atoms with Crippen LogP contribution in [0.25, 0.3) is 11.0 Å². The van der Waals surface area contributed by atoms with E-state index in [4.69, 9.17) is 4.42 Å². The molecule has 1 unspecified atom stereocenters. The van der Waals surface area contributed by atoms with Crippen molar-refractivity contribution in [1.82, 2.24) is 15.2 Å². The first-order valence-corrected chi connectivity index (χ1v) is 7.08. The second kappa shape index (κ2) is 4.31. The molecule has 1 amide bonds. The van der Waals surface area contributed by atoms with Gasteiger partial charge in [0.25, 0.3) is 5.91 Å². The van der Waals surface area contributed by atoms with Gasteiger partial charge < -0.3 is 14.6 Å². The first-order valence-electron chi connectivity index (χ1n) is 7.08. The van der Waals surface area contributed by atoms with Crippen molar-refractivity contribution in [3.63, 3.8) is 0 Å². The summed E-state index contributed by atoms with van der Waals surface area (Å²) in [4.78, 5) is 18.9. The second-order valence-corrected chi connectivity index (χ2v) is 5.87. The largest absolute Gasteiger partial charge is 0.462 e. The third-order valence-corrected chi connectivity index (χ3v) is 4.54. The summed E-state index contributed by atoms with van der Waals surface area (Å²) in [5, 5.41) is 4.09. The van der Waals surface area contributed by atoms with E-state index in [0.717, 1.165) is 29.6 Å². The number of aryl methyl sites for hydroxylation is 1. The molecule has 104 valence electrons. The zero-order valence-corrected chi connectivity index (χ0v) is 11.4. The first-order chi connectivity index (χ1) is 9.70. The Balaban J connectivity index is 1.56. The van der Waals surface area contributed by atoms with E-state index in [1.807, 2.05) is 13.0 Å². The summed E-state index contributed by atoms with van der Waals surface area (Å²) in [6.45, 7) is 5.24. The minimum Gasteiger partial charge on any atom is -0.462 e. The van der Waals surface area contributed by atoms with Gasteiger partial charge in [0, 0.05) is 24.5 Å². The number of furan rings is 1. The third kappa shape index (κ3) is 1.81. The molecular formula is C15H17N3O2. The van der Waals surface area contributed by atoms with Gasteiger partial charge in [0.15, 0.2) is 5.58 Å². The summed E-state index contributed by atoms with van der Waals surface area (Å²) in [5.41, 5.74) is 2.23. The van der Waals surface area contributed by atoms with Crippen LogP contribution in [0.2, 0.25) is 0 Å². The topological polar surface area (TPSA) is 58.4 Å². The fourth-order valence-corrected chi connectivity index (χ4v) is 3.37. The summed E-state index contributed by atoms with van der Waals surface area (Å²) >= 11 is 0. The van der Waals surface area contributed by atoms with Crippen LogP contribution in [-0.4, -0.2) is 41.5 Å². The number of carbonyl (C=O) groups is 1. The van der Waals surface area contributed by atoms with E-state index in [2.05, 4.69) is 15.2 Å². The molecule has 2 saturated heterocycles. The van der Waals surface area contributed by atoms with Gasteiger partial charge in [-0.1, -0.05) is 0 Å². The molecule has 2 aromatic rings. The Labute approximate surface area is 117 Å². The quantitative estimate of drug-likeness (QED) is 0.900. The molecule has 4 heterocycles. The maximum atomic E-state index is 12.3. The number of piperidine rings is 1. The van der Waals surface area contributed by atoms with E-state index in [9.17, 15) is 4.79 Å². The average molecular weight is 271 g/mol. The standard InChI is InChI=1S/C15H17N3O2/c1-9-8-20-14-5-16-12(4-11(9)14)15(19)17-13-7-18-3-2-10(13)6-18/h4-5,8,10,13H,2-3,6-7H2,1H3,(H,17,19)/t10-,13-/m0/s1. The van der Waals surface area contributed by atoms with E-state index in [-0.39, 0.29) is 11.9 Å². The molecule has 0 saturated carbocycles.